The lowest BCUT2D eigenvalue weighted by molar-refractivity contribution is -0.387. The molecule has 2 N–H and O–H groups in total. The molecule has 0 saturated heterocycles. The third-order valence-corrected chi connectivity index (χ3v) is 4.27. The number of aliphatic hydroxyl groups is 1. The van der Waals surface area contributed by atoms with Crippen LogP contribution in [0.2, 0.25) is 5.02 Å². The summed E-state index contributed by atoms with van der Waals surface area (Å²) in [5.74, 6) is -0.0763. The Morgan fingerprint density at radius 2 is 2.16 bits per heavy atom. The highest BCUT2D eigenvalue weighted by atomic mass is 35.5. The quantitative estimate of drug-likeness (QED) is 0.333. The van der Waals surface area contributed by atoms with E-state index in [-0.39, 0.29) is 12.3 Å². The Balaban J connectivity index is 2.08. The molecule has 0 atom stereocenters. The van der Waals surface area contributed by atoms with Gasteiger partial charge in [-0.15, -0.1) is 11.8 Å². The number of benzene rings is 2. The van der Waals surface area contributed by atoms with Gasteiger partial charge in [0.05, 0.1) is 22.6 Å². The molecule has 0 spiro atoms. The summed E-state index contributed by atoms with van der Waals surface area (Å²) in [6.07, 6.45) is 1.32. The second-order valence-corrected chi connectivity index (χ2v) is 6.34. The van der Waals surface area contributed by atoms with E-state index in [4.69, 9.17) is 16.7 Å². The number of hydrogen-bond donors (Lipinski definition) is 2. The average Bonchev–Trinajstić information content (AvgIpc) is 2.60. The molecule has 0 saturated carbocycles. The van der Waals surface area contributed by atoms with E-state index in [0.717, 1.165) is 0 Å². The summed E-state index contributed by atoms with van der Waals surface area (Å²) in [6.45, 7) is -0.0689. The van der Waals surface area contributed by atoms with Gasteiger partial charge in [0.1, 0.15) is 0 Å². The highest BCUT2D eigenvalue weighted by Crippen LogP contribution is 2.29. The maximum absolute atomic E-state index is 11.9. The van der Waals surface area contributed by atoms with E-state index in [0.29, 0.717) is 26.8 Å². The first kappa shape index (κ1) is 18.9. The molecule has 0 radical (unpaired) electrons. The minimum atomic E-state index is -0.498. The number of halogens is 1. The Morgan fingerprint density at radius 1 is 1.36 bits per heavy atom. The van der Waals surface area contributed by atoms with Crippen LogP contribution in [0.25, 0.3) is 0 Å². The topological polar surface area (TPSA) is 105 Å². The van der Waals surface area contributed by atoms with Crippen LogP contribution in [0, 0.1) is 10.1 Å². The van der Waals surface area contributed by atoms with Crippen molar-refractivity contribution in [2.45, 2.75) is 4.90 Å². The molecule has 25 heavy (non-hydrogen) atoms. The number of carbonyl (C=O) groups is 1. The molecule has 0 heterocycles. The SMILES string of the molecule is O=C(NN=Cc1ccc(SCCO)c([N+](=O)[O-])c1)c1cccc(Cl)c1. The zero-order chi connectivity index (χ0) is 18.2. The first-order chi connectivity index (χ1) is 12.0. The number of thioether (sulfide) groups is 1. The first-order valence-corrected chi connectivity index (χ1v) is 8.48. The summed E-state index contributed by atoms with van der Waals surface area (Å²) >= 11 is 7.01. The number of nitrogens with zero attached hydrogens (tertiary/aromatic N) is 2. The van der Waals surface area contributed by atoms with Crippen LogP contribution >= 0.6 is 23.4 Å². The fourth-order valence-corrected chi connectivity index (χ4v) is 2.84. The van der Waals surface area contributed by atoms with Crippen LogP contribution < -0.4 is 5.43 Å². The molecule has 0 aliphatic rings. The summed E-state index contributed by atoms with van der Waals surface area (Å²) in [6, 6.07) is 11.0. The van der Waals surface area contributed by atoms with Crippen LogP contribution in [-0.4, -0.2) is 34.5 Å². The normalized spacial score (nSPS) is 10.8. The standard InChI is InChI=1S/C16H14ClN3O4S/c17-13-3-1-2-12(9-13)16(22)19-18-10-11-4-5-15(25-7-6-21)14(8-11)20(23)24/h1-5,8-10,21H,6-7H2,(H,19,22). The van der Waals surface area contributed by atoms with Gasteiger partial charge in [0.2, 0.25) is 0 Å². The van der Waals surface area contributed by atoms with Gasteiger partial charge in [-0.25, -0.2) is 5.43 Å². The second-order valence-electron chi connectivity index (χ2n) is 4.77. The number of amides is 1. The predicted octanol–water partition coefficient (Wildman–Crippen LogP) is 3.10. The molecule has 0 bridgehead atoms. The molecule has 1 amide bonds. The van der Waals surface area contributed by atoms with Crippen molar-refractivity contribution >= 4 is 41.2 Å². The maximum atomic E-state index is 11.9. The van der Waals surface area contributed by atoms with Crippen molar-refractivity contribution in [2.75, 3.05) is 12.4 Å². The van der Waals surface area contributed by atoms with Crippen LogP contribution in [0.3, 0.4) is 0 Å². The summed E-state index contributed by atoms with van der Waals surface area (Å²) in [5, 5.41) is 24.2. The number of aliphatic hydroxyl groups excluding tert-OH is 1. The van der Waals surface area contributed by atoms with Crippen molar-refractivity contribution in [3.05, 3.63) is 68.7 Å². The number of carbonyl (C=O) groups excluding carboxylic acids is 1. The molecular weight excluding hydrogens is 366 g/mol. The third-order valence-electron chi connectivity index (χ3n) is 3.00. The molecule has 2 rings (SSSR count). The van der Waals surface area contributed by atoms with E-state index < -0.39 is 10.8 Å². The van der Waals surface area contributed by atoms with Gasteiger partial charge in [0.15, 0.2) is 0 Å². The van der Waals surface area contributed by atoms with Crippen molar-refractivity contribution < 1.29 is 14.8 Å². The van der Waals surface area contributed by atoms with Crippen molar-refractivity contribution in [1.82, 2.24) is 5.43 Å². The Hall–Kier alpha value is -2.42. The van der Waals surface area contributed by atoms with Gasteiger partial charge in [0.25, 0.3) is 11.6 Å². The van der Waals surface area contributed by atoms with E-state index in [1.165, 1.54) is 30.1 Å². The summed E-state index contributed by atoms with van der Waals surface area (Å²) in [4.78, 5) is 23.0. The largest absolute Gasteiger partial charge is 0.396 e. The van der Waals surface area contributed by atoms with Gasteiger partial charge < -0.3 is 5.11 Å². The zero-order valence-corrected chi connectivity index (χ0v) is 14.5. The number of rotatable bonds is 7. The van der Waals surface area contributed by atoms with Crippen LogP contribution in [0.1, 0.15) is 15.9 Å². The molecule has 0 fully saturated rings. The first-order valence-electron chi connectivity index (χ1n) is 7.12. The number of hydrazone groups is 1. The fraction of sp³-hybridized carbons (Fsp3) is 0.125. The molecular formula is C16H14ClN3O4S. The Bertz CT molecular complexity index is 814. The van der Waals surface area contributed by atoms with E-state index >= 15 is 0 Å². The van der Waals surface area contributed by atoms with Crippen LogP contribution in [0.15, 0.2) is 52.5 Å². The third kappa shape index (κ3) is 5.56. The van der Waals surface area contributed by atoms with Crippen LogP contribution in [-0.2, 0) is 0 Å². The molecule has 0 unspecified atom stereocenters. The number of nitrogens with one attached hydrogen (secondary N) is 1. The zero-order valence-electron chi connectivity index (χ0n) is 12.9. The molecule has 7 nitrogen and oxygen atoms in total. The van der Waals surface area contributed by atoms with E-state index in [1.807, 2.05) is 0 Å². The van der Waals surface area contributed by atoms with Gasteiger partial charge in [0, 0.05) is 28.0 Å². The maximum Gasteiger partial charge on any atom is 0.283 e. The predicted molar refractivity (Wildman–Crippen MR) is 97.4 cm³/mol. The lowest BCUT2D eigenvalue weighted by atomic mass is 10.2. The monoisotopic (exact) mass is 379 g/mol. The fourth-order valence-electron chi connectivity index (χ4n) is 1.89. The average molecular weight is 380 g/mol. The lowest BCUT2D eigenvalue weighted by Gasteiger charge is -2.03. The van der Waals surface area contributed by atoms with Crippen molar-refractivity contribution in [3.63, 3.8) is 0 Å². The van der Waals surface area contributed by atoms with Gasteiger partial charge in [-0.2, -0.15) is 5.10 Å². The lowest BCUT2D eigenvalue weighted by Crippen LogP contribution is -2.17. The Kier molecular flexibility index (Phi) is 6.93. The molecule has 9 heteroatoms. The van der Waals surface area contributed by atoms with E-state index in [2.05, 4.69) is 10.5 Å². The van der Waals surface area contributed by atoms with E-state index in [9.17, 15) is 14.9 Å². The van der Waals surface area contributed by atoms with Gasteiger partial charge >= 0.3 is 0 Å². The van der Waals surface area contributed by atoms with Gasteiger partial charge in [-0.1, -0.05) is 23.7 Å². The Morgan fingerprint density at radius 3 is 2.84 bits per heavy atom. The van der Waals surface area contributed by atoms with Gasteiger partial charge in [-0.05, 0) is 24.3 Å². The van der Waals surface area contributed by atoms with Crippen molar-refractivity contribution in [3.8, 4) is 0 Å². The smallest absolute Gasteiger partial charge is 0.283 e. The number of hydrogen-bond acceptors (Lipinski definition) is 6. The summed E-state index contributed by atoms with van der Waals surface area (Å²) in [5.41, 5.74) is 3.07. The second kappa shape index (κ2) is 9.16. The highest BCUT2D eigenvalue weighted by Gasteiger charge is 2.14. The molecule has 2 aromatic rings. The highest BCUT2D eigenvalue weighted by molar-refractivity contribution is 7.99. The molecule has 0 aromatic heterocycles. The Labute approximate surface area is 152 Å². The molecule has 0 aliphatic heterocycles. The molecule has 0 aliphatic carbocycles. The molecule has 2 aromatic carbocycles. The molecule has 130 valence electrons. The van der Waals surface area contributed by atoms with Crippen molar-refractivity contribution in [2.24, 2.45) is 5.10 Å². The van der Waals surface area contributed by atoms with Crippen LogP contribution in [0.4, 0.5) is 5.69 Å². The van der Waals surface area contributed by atoms with Crippen molar-refractivity contribution in [1.29, 1.82) is 0 Å². The minimum absolute atomic E-state index is 0.0689. The van der Waals surface area contributed by atoms with Gasteiger partial charge in [-0.3, -0.25) is 14.9 Å². The minimum Gasteiger partial charge on any atom is -0.396 e. The number of nitro groups is 1. The summed E-state index contributed by atoms with van der Waals surface area (Å²) in [7, 11) is 0. The summed E-state index contributed by atoms with van der Waals surface area (Å²) < 4.78 is 0. The number of nitro benzene ring substituents is 1. The van der Waals surface area contributed by atoms with Crippen LogP contribution in [0.5, 0.6) is 0 Å². The van der Waals surface area contributed by atoms with E-state index in [1.54, 1.807) is 30.3 Å².